The molecule has 0 bridgehead atoms. The number of benzene rings is 3. The molecule has 3 amide bonds. The van der Waals surface area contributed by atoms with Crippen molar-refractivity contribution >= 4 is 36.2 Å². The van der Waals surface area contributed by atoms with Crippen LogP contribution in [0.15, 0.2) is 72.8 Å². The molecule has 3 heterocycles. The normalized spacial score (nSPS) is 20.0. The SMILES string of the molecule is CC(C)(C)OC(=O)N1CC[C@H](C(C)(Cc2cccc(CN(Cc3cccc(CC(C)(C(=O)OC(C)(C)C)[C@H]4CCN(C(=O)OC(C)(C)C)C4)c3)Cc3cccc(CC(C)(C(=O)OC(C)(C)C)[C@H]4CCN(C(=O)OC(C)(C)C)C4)c3)c2)C(=O)OC(C)(C)C)C1. The molecule has 0 N–H and O–H groups in total. The molecule has 0 aromatic heterocycles. The van der Waals surface area contributed by atoms with Crippen molar-refractivity contribution in [2.75, 3.05) is 39.3 Å². The molecular weight excluding hydrogens is 1110 g/mol. The zero-order chi connectivity index (χ0) is 65.8. The number of carbonyl (C=O) groups is 6. The lowest BCUT2D eigenvalue weighted by atomic mass is 9.72. The van der Waals surface area contributed by atoms with Crippen molar-refractivity contribution in [2.45, 2.75) is 237 Å². The van der Waals surface area contributed by atoms with Gasteiger partial charge in [-0.1, -0.05) is 72.8 Å². The van der Waals surface area contributed by atoms with Crippen LogP contribution in [0.1, 0.15) is 198 Å². The van der Waals surface area contributed by atoms with E-state index in [0.717, 1.165) is 33.4 Å². The summed E-state index contributed by atoms with van der Waals surface area (Å²) in [5.41, 5.74) is -1.18. The van der Waals surface area contributed by atoms with E-state index in [1.807, 2.05) is 164 Å². The third-order valence-corrected chi connectivity index (χ3v) is 16.7. The summed E-state index contributed by atoms with van der Waals surface area (Å²) in [6.07, 6.45) is 1.81. The summed E-state index contributed by atoms with van der Waals surface area (Å²) in [6.45, 7) is 43.5. The van der Waals surface area contributed by atoms with Crippen molar-refractivity contribution in [3.8, 4) is 0 Å². The number of amides is 3. The third kappa shape index (κ3) is 20.4. The Labute approximate surface area is 527 Å². The molecule has 88 heavy (non-hydrogen) atoms. The van der Waals surface area contributed by atoms with E-state index in [2.05, 4.69) is 59.5 Å². The minimum absolute atomic E-state index is 0.195. The smallest absolute Gasteiger partial charge is 0.410 e. The van der Waals surface area contributed by atoms with E-state index in [1.165, 1.54) is 0 Å². The zero-order valence-corrected chi connectivity index (χ0v) is 57.5. The zero-order valence-electron chi connectivity index (χ0n) is 57.5. The van der Waals surface area contributed by atoms with Crippen molar-refractivity contribution in [3.05, 3.63) is 106 Å². The van der Waals surface area contributed by atoms with E-state index in [0.29, 0.717) is 97.4 Å². The van der Waals surface area contributed by atoms with E-state index in [1.54, 1.807) is 14.7 Å². The summed E-state index contributed by atoms with van der Waals surface area (Å²) in [5.74, 6) is -1.52. The number of esters is 3. The molecule has 0 spiro atoms. The molecule has 3 fully saturated rings. The topological polar surface area (TPSA) is 171 Å². The average molecular weight is 1220 g/mol. The molecule has 3 unspecified atom stereocenters. The fourth-order valence-corrected chi connectivity index (χ4v) is 12.4. The molecule has 6 rings (SSSR count). The highest BCUT2D eigenvalue weighted by Crippen LogP contribution is 2.44. The molecule has 0 radical (unpaired) electrons. The molecule has 3 aliphatic rings. The quantitative estimate of drug-likeness (QED) is 0.0871. The molecule has 3 aliphatic heterocycles. The van der Waals surface area contributed by atoms with Crippen LogP contribution in [0, 0.1) is 34.0 Å². The maximum atomic E-state index is 14.5. The highest BCUT2D eigenvalue weighted by atomic mass is 16.6. The fraction of sp³-hybridized carbons (Fsp3) is 0.667. The van der Waals surface area contributed by atoms with Crippen molar-refractivity contribution in [3.63, 3.8) is 0 Å². The number of nitrogens with zero attached hydrogens (tertiary/aromatic N) is 4. The van der Waals surface area contributed by atoms with Crippen LogP contribution in [0.2, 0.25) is 0 Å². The first-order valence-electron chi connectivity index (χ1n) is 31.9. The molecule has 3 saturated heterocycles. The van der Waals surface area contributed by atoms with Crippen LogP contribution >= 0.6 is 0 Å². The van der Waals surface area contributed by atoms with Crippen LogP contribution in [0.3, 0.4) is 0 Å². The van der Waals surface area contributed by atoms with E-state index < -0.39 is 68.1 Å². The number of likely N-dealkylation sites (tertiary alicyclic amines) is 3. The Kier molecular flexibility index (Phi) is 21.9. The standard InChI is InChI=1S/C72H108N4O12/c1-64(2,3)83-58(77)70(19,55-31-34-74(46-55)61(80)86-67(10,11)12)40-49-25-22-28-52(37-49)43-73(44-53-29-23-26-50(38-53)41-71(20,59(78)84-65(4,5)6)56-32-35-75(47-56)62(81)87-68(13,14)15)45-54-30-24-27-51(39-54)42-72(21,60(79)85-66(7,8)9)57-33-36-76(48-57)63(82)88-69(16,17)18/h22-30,37-39,55-57H,31-36,40-48H2,1-21H3/t55-,56-,57-,70?,71?,72?/m0/s1. The van der Waals surface area contributed by atoms with Crippen molar-refractivity contribution in [1.82, 2.24) is 19.6 Å². The highest BCUT2D eigenvalue weighted by Gasteiger charge is 2.51. The van der Waals surface area contributed by atoms with Gasteiger partial charge in [-0.2, -0.15) is 0 Å². The van der Waals surface area contributed by atoms with Gasteiger partial charge in [0.15, 0.2) is 0 Å². The second-order valence-electron chi connectivity index (χ2n) is 32.1. The molecule has 0 aliphatic carbocycles. The maximum Gasteiger partial charge on any atom is 0.410 e. The monoisotopic (exact) mass is 1220 g/mol. The lowest BCUT2D eigenvalue weighted by Crippen LogP contribution is -2.44. The third-order valence-electron chi connectivity index (χ3n) is 16.7. The summed E-state index contributed by atoms with van der Waals surface area (Å²) < 4.78 is 35.9. The van der Waals surface area contributed by atoms with Crippen LogP contribution in [-0.4, -0.2) is 129 Å². The van der Waals surface area contributed by atoms with Gasteiger partial charge in [-0.3, -0.25) is 19.3 Å². The predicted octanol–water partition coefficient (Wildman–Crippen LogP) is 14.3. The number of rotatable bonds is 18. The van der Waals surface area contributed by atoms with Gasteiger partial charge < -0.3 is 43.1 Å². The Balaban J connectivity index is 1.36. The highest BCUT2D eigenvalue weighted by molar-refractivity contribution is 5.80. The van der Waals surface area contributed by atoms with Gasteiger partial charge in [0.25, 0.3) is 0 Å². The summed E-state index contributed by atoms with van der Waals surface area (Å²) in [6, 6.07) is 25.1. The lowest BCUT2D eigenvalue weighted by molar-refractivity contribution is -0.171. The summed E-state index contributed by atoms with van der Waals surface area (Å²) in [7, 11) is 0. The van der Waals surface area contributed by atoms with Gasteiger partial charge >= 0.3 is 36.2 Å². The van der Waals surface area contributed by atoms with Gasteiger partial charge in [-0.05, 0) is 235 Å². The average Bonchev–Trinajstić information content (AvgIpc) is 1.64. The number of carbonyl (C=O) groups excluding carboxylic acids is 6. The molecule has 16 nitrogen and oxygen atoms in total. The molecular formula is C72H108N4O12. The largest absolute Gasteiger partial charge is 0.460 e. The molecule has 3 aromatic carbocycles. The van der Waals surface area contributed by atoms with Crippen molar-refractivity contribution in [1.29, 1.82) is 0 Å². The van der Waals surface area contributed by atoms with Gasteiger partial charge in [0.2, 0.25) is 0 Å². The van der Waals surface area contributed by atoms with Crippen LogP contribution in [0.5, 0.6) is 0 Å². The van der Waals surface area contributed by atoms with E-state index in [4.69, 9.17) is 28.4 Å². The van der Waals surface area contributed by atoms with Crippen LogP contribution < -0.4 is 0 Å². The van der Waals surface area contributed by atoms with Crippen molar-refractivity contribution in [2.24, 2.45) is 34.0 Å². The Morgan fingerprint density at radius 2 is 0.568 bits per heavy atom. The molecule has 16 heteroatoms. The number of ether oxygens (including phenoxy) is 6. The molecule has 6 atom stereocenters. The number of hydrogen-bond donors (Lipinski definition) is 0. The first-order chi connectivity index (χ1) is 40.3. The van der Waals surface area contributed by atoms with Gasteiger partial charge in [0, 0.05) is 58.9 Å². The summed E-state index contributed by atoms with van der Waals surface area (Å²) in [5, 5.41) is 0. The van der Waals surface area contributed by atoms with Crippen molar-refractivity contribution < 1.29 is 57.2 Å². The first kappa shape index (κ1) is 70.9. The maximum absolute atomic E-state index is 14.5. The van der Waals surface area contributed by atoms with Gasteiger partial charge in [-0.15, -0.1) is 0 Å². The fourth-order valence-electron chi connectivity index (χ4n) is 12.4. The van der Waals surface area contributed by atoms with E-state index >= 15 is 0 Å². The second kappa shape index (κ2) is 27.1. The molecule has 488 valence electrons. The Hall–Kier alpha value is -6.16. The van der Waals surface area contributed by atoms with Crippen LogP contribution in [0.25, 0.3) is 0 Å². The minimum atomic E-state index is -0.982. The molecule has 0 saturated carbocycles. The Morgan fingerprint density at radius 1 is 0.352 bits per heavy atom. The van der Waals surface area contributed by atoms with Gasteiger partial charge in [0.05, 0.1) is 16.2 Å². The Morgan fingerprint density at radius 3 is 0.784 bits per heavy atom. The van der Waals surface area contributed by atoms with E-state index in [-0.39, 0.29) is 35.7 Å². The number of hydrogen-bond acceptors (Lipinski definition) is 13. The minimum Gasteiger partial charge on any atom is -0.460 e. The van der Waals surface area contributed by atoms with Gasteiger partial charge in [0.1, 0.15) is 33.6 Å². The van der Waals surface area contributed by atoms with E-state index in [9.17, 15) is 28.8 Å². The van der Waals surface area contributed by atoms with Crippen LogP contribution in [0.4, 0.5) is 14.4 Å². The lowest BCUT2D eigenvalue weighted by Gasteiger charge is -2.36. The molecule has 3 aromatic rings. The first-order valence-corrected chi connectivity index (χ1v) is 31.9. The summed E-state index contributed by atoms with van der Waals surface area (Å²) in [4.78, 5) is 91.2. The predicted molar refractivity (Wildman–Crippen MR) is 343 cm³/mol. The van der Waals surface area contributed by atoms with Crippen LogP contribution in [-0.2, 0) is 81.7 Å². The van der Waals surface area contributed by atoms with Gasteiger partial charge in [-0.25, -0.2) is 14.4 Å². The summed E-state index contributed by atoms with van der Waals surface area (Å²) >= 11 is 0. The second-order valence-corrected chi connectivity index (χ2v) is 32.1. The Bertz CT molecular complexity index is 2640.